The molecule has 0 unspecified atom stereocenters. The van der Waals surface area contributed by atoms with Gasteiger partial charge in [0.15, 0.2) is 0 Å². The minimum absolute atomic E-state index is 0.0253. The molecule has 0 aliphatic carbocycles. The van der Waals surface area contributed by atoms with Gasteiger partial charge in [-0.1, -0.05) is 18.2 Å². The number of rotatable bonds is 9. The molecule has 1 N–H and O–H groups in total. The molecule has 0 atom stereocenters. The normalized spacial score (nSPS) is 10.4. The van der Waals surface area contributed by atoms with Crippen molar-refractivity contribution >= 4 is 17.3 Å². The topological polar surface area (TPSA) is 123 Å². The summed E-state index contributed by atoms with van der Waals surface area (Å²) >= 11 is 0. The van der Waals surface area contributed by atoms with Crippen LogP contribution in [0.5, 0.6) is 5.75 Å². The molecule has 0 saturated carbocycles. The molecule has 3 aromatic rings. The maximum atomic E-state index is 12.6. The lowest BCUT2D eigenvalue weighted by Gasteiger charge is -2.09. The standard InChI is InChI=1S/C23H23N5O4/c1-16-22(28(30)31)17(2)27(26-16)15-18-8-10-19(11-9-18)23(29)25-20-6-5-7-21(14-20)32-13-4-3-12-24/h5-11,14H,3-4,13,15H2,1-2H3,(H,25,29). The van der Waals surface area contributed by atoms with Crippen molar-refractivity contribution in [2.24, 2.45) is 0 Å². The summed E-state index contributed by atoms with van der Waals surface area (Å²) in [5.41, 5.74) is 2.84. The summed E-state index contributed by atoms with van der Waals surface area (Å²) in [6, 6.07) is 16.1. The molecule has 0 spiro atoms. The average Bonchev–Trinajstić information content (AvgIpc) is 3.05. The summed E-state index contributed by atoms with van der Waals surface area (Å²) in [6.45, 7) is 4.08. The molecule has 1 amide bonds. The second-order valence-electron chi connectivity index (χ2n) is 7.22. The van der Waals surface area contributed by atoms with Crippen LogP contribution in [0.25, 0.3) is 0 Å². The average molecular weight is 433 g/mol. The van der Waals surface area contributed by atoms with Crippen molar-refractivity contribution in [1.29, 1.82) is 5.26 Å². The van der Waals surface area contributed by atoms with Crippen LogP contribution in [0.3, 0.4) is 0 Å². The number of unbranched alkanes of at least 4 members (excludes halogenated alkanes) is 1. The van der Waals surface area contributed by atoms with Crippen LogP contribution in [0.15, 0.2) is 48.5 Å². The number of nitriles is 1. The second-order valence-corrected chi connectivity index (χ2v) is 7.22. The Hall–Kier alpha value is -4.19. The molecule has 0 fully saturated rings. The molecule has 32 heavy (non-hydrogen) atoms. The third-order valence-electron chi connectivity index (χ3n) is 4.87. The van der Waals surface area contributed by atoms with Crippen LogP contribution in [0.4, 0.5) is 11.4 Å². The van der Waals surface area contributed by atoms with Gasteiger partial charge in [0.1, 0.15) is 17.1 Å². The third kappa shape index (κ3) is 5.49. The first kappa shape index (κ1) is 22.5. The molecule has 1 heterocycles. The number of ether oxygens (including phenoxy) is 1. The molecule has 0 bridgehead atoms. The largest absolute Gasteiger partial charge is 0.493 e. The highest BCUT2D eigenvalue weighted by Crippen LogP contribution is 2.23. The van der Waals surface area contributed by atoms with Gasteiger partial charge in [-0.15, -0.1) is 0 Å². The van der Waals surface area contributed by atoms with Crippen molar-refractivity contribution in [2.45, 2.75) is 33.2 Å². The number of aromatic nitrogens is 2. The van der Waals surface area contributed by atoms with Gasteiger partial charge < -0.3 is 10.1 Å². The van der Waals surface area contributed by atoms with Gasteiger partial charge in [-0.25, -0.2) is 0 Å². The summed E-state index contributed by atoms with van der Waals surface area (Å²) in [5.74, 6) is 0.356. The van der Waals surface area contributed by atoms with Crippen molar-refractivity contribution in [3.63, 3.8) is 0 Å². The number of hydrogen-bond donors (Lipinski definition) is 1. The van der Waals surface area contributed by atoms with Crippen LogP contribution in [0.2, 0.25) is 0 Å². The molecule has 9 nitrogen and oxygen atoms in total. The Kier molecular flexibility index (Phi) is 7.18. The van der Waals surface area contributed by atoms with E-state index in [1.807, 2.05) is 0 Å². The van der Waals surface area contributed by atoms with Gasteiger partial charge in [-0.05, 0) is 50.1 Å². The van der Waals surface area contributed by atoms with E-state index in [1.165, 1.54) is 0 Å². The second kappa shape index (κ2) is 10.2. The quantitative estimate of drug-likeness (QED) is 0.303. The maximum absolute atomic E-state index is 12.6. The highest BCUT2D eigenvalue weighted by molar-refractivity contribution is 6.04. The molecule has 164 valence electrons. The van der Waals surface area contributed by atoms with Crippen molar-refractivity contribution in [2.75, 3.05) is 11.9 Å². The van der Waals surface area contributed by atoms with Crippen LogP contribution in [-0.2, 0) is 6.54 Å². The summed E-state index contributed by atoms with van der Waals surface area (Å²) in [7, 11) is 0. The first-order valence-corrected chi connectivity index (χ1v) is 10.1. The van der Waals surface area contributed by atoms with Gasteiger partial charge in [0, 0.05) is 23.7 Å². The van der Waals surface area contributed by atoms with Crippen LogP contribution in [0.1, 0.15) is 40.2 Å². The molecule has 9 heteroatoms. The van der Waals surface area contributed by atoms with Gasteiger partial charge in [0.2, 0.25) is 0 Å². The number of carbonyl (C=O) groups is 1. The van der Waals surface area contributed by atoms with E-state index >= 15 is 0 Å². The lowest BCUT2D eigenvalue weighted by atomic mass is 10.1. The highest BCUT2D eigenvalue weighted by atomic mass is 16.6. The number of amides is 1. The Labute approximate surface area is 185 Å². The lowest BCUT2D eigenvalue weighted by Crippen LogP contribution is -2.12. The number of nitrogens with one attached hydrogen (secondary N) is 1. The summed E-state index contributed by atoms with van der Waals surface area (Å²) in [6.07, 6.45) is 1.08. The van der Waals surface area contributed by atoms with Gasteiger partial charge in [-0.2, -0.15) is 10.4 Å². The Morgan fingerprint density at radius 1 is 1.25 bits per heavy atom. The van der Waals surface area contributed by atoms with Gasteiger partial charge >= 0.3 is 5.69 Å². The molecular weight excluding hydrogens is 410 g/mol. The summed E-state index contributed by atoms with van der Waals surface area (Å²) in [4.78, 5) is 23.3. The van der Waals surface area contributed by atoms with E-state index < -0.39 is 4.92 Å². The number of nitro groups is 1. The van der Waals surface area contributed by atoms with E-state index in [-0.39, 0.29) is 11.6 Å². The van der Waals surface area contributed by atoms with Crippen molar-refractivity contribution in [3.8, 4) is 11.8 Å². The lowest BCUT2D eigenvalue weighted by molar-refractivity contribution is -0.386. The third-order valence-corrected chi connectivity index (χ3v) is 4.87. The summed E-state index contributed by atoms with van der Waals surface area (Å²) in [5, 5.41) is 26.8. The van der Waals surface area contributed by atoms with Crippen LogP contribution in [-0.4, -0.2) is 27.2 Å². The zero-order valence-electron chi connectivity index (χ0n) is 17.9. The van der Waals surface area contributed by atoms with E-state index in [1.54, 1.807) is 67.1 Å². The fraction of sp³-hybridized carbons (Fsp3) is 0.261. The maximum Gasteiger partial charge on any atom is 0.312 e. The number of carbonyl (C=O) groups excluding carboxylic acids is 1. The number of benzene rings is 2. The van der Waals surface area contributed by atoms with E-state index in [2.05, 4.69) is 16.5 Å². The number of nitrogens with zero attached hydrogens (tertiary/aromatic N) is 4. The van der Waals surface area contributed by atoms with E-state index in [0.717, 1.165) is 5.56 Å². The molecule has 0 saturated heterocycles. The minimum Gasteiger partial charge on any atom is -0.493 e. The number of hydrogen-bond acceptors (Lipinski definition) is 6. The predicted molar refractivity (Wildman–Crippen MR) is 119 cm³/mol. The Balaban J connectivity index is 1.63. The highest BCUT2D eigenvalue weighted by Gasteiger charge is 2.21. The fourth-order valence-corrected chi connectivity index (χ4v) is 3.25. The zero-order valence-corrected chi connectivity index (χ0v) is 17.9. The van der Waals surface area contributed by atoms with Crippen molar-refractivity contribution in [1.82, 2.24) is 9.78 Å². The monoisotopic (exact) mass is 433 g/mol. The fourth-order valence-electron chi connectivity index (χ4n) is 3.25. The molecule has 0 radical (unpaired) electrons. The Bertz CT molecular complexity index is 1160. The first-order valence-electron chi connectivity index (χ1n) is 10.1. The predicted octanol–water partition coefficient (Wildman–Crippen LogP) is 4.39. The zero-order chi connectivity index (χ0) is 23.1. The Morgan fingerprint density at radius 3 is 2.66 bits per heavy atom. The smallest absolute Gasteiger partial charge is 0.312 e. The van der Waals surface area contributed by atoms with E-state index in [4.69, 9.17) is 10.00 Å². The number of aryl methyl sites for hydroxylation is 1. The van der Waals surface area contributed by atoms with Crippen molar-refractivity contribution < 1.29 is 14.5 Å². The summed E-state index contributed by atoms with van der Waals surface area (Å²) < 4.78 is 7.18. The first-order chi connectivity index (χ1) is 15.4. The van der Waals surface area contributed by atoms with Crippen molar-refractivity contribution in [3.05, 3.63) is 81.2 Å². The van der Waals surface area contributed by atoms with E-state index in [9.17, 15) is 14.9 Å². The molecular formula is C23H23N5O4. The molecule has 3 rings (SSSR count). The van der Waals surface area contributed by atoms with Gasteiger partial charge in [0.05, 0.1) is 24.1 Å². The van der Waals surface area contributed by atoms with E-state index in [0.29, 0.717) is 54.4 Å². The molecule has 0 aliphatic rings. The SMILES string of the molecule is Cc1nn(Cc2ccc(C(=O)Nc3cccc(OCCCC#N)c3)cc2)c(C)c1[N+](=O)[O-]. The van der Waals surface area contributed by atoms with Crippen LogP contribution >= 0.6 is 0 Å². The molecule has 2 aromatic carbocycles. The van der Waals surface area contributed by atoms with Gasteiger partial charge in [0.25, 0.3) is 5.91 Å². The molecule has 1 aromatic heterocycles. The van der Waals surface area contributed by atoms with Crippen LogP contribution < -0.4 is 10.1 Å². The number of anilines is 1. The minimum atomic E-state index is -0.423. The van der Waals surface area contributed by atoms with Gasteiger partial charge in [-0.3, -0.25) is 19.6 Å². The van der Waals surface area contributed by atoms with Crippen LogP contribution in [0, 0.1) is 35.3 Å². The Morgan fingerprint density at radius 2 is 2.00 bits per heavy atom. The molecule has 0 aliphatic heterocycles.